The zero-order chi connectivity index (χ0) is 10.4. The van der Waals surface area contributed by atoms with E-state index in [2.05, 4.69) is 5.32 Å². The Morgan fingerprint density at radius 1 is 1.43 bits per heavy atom. The van der Waals surface area contributed by atoms with Crippen LogP contribution in [0.3, 0.4) is 0 Å². The number of carbonyl (C=O) groups excluding carboxylic acids is 1. The molecular formula is C11H16N2O. The molecule has 0 spiro atoms. The summed E-state index contributed by atoms with van der Waals surface area (Å²) in [5.74, 6) is -0.110. The molecule has 0 aliphatic carbocycles. The van der Waals surface area contributed by atoms with Crippen LogP contribution < -0.4 is 11.1 Å². The molecule has 0 saturated heterocycles. The van der Waals surface area contributed by atoms with Crippen molar-refractivity contribution in [3.8, 4) is 0 Å². The Hall–Kier alpha value is -1.35. The topological polar surface area (TPSA) is 55.1 Å². The second-order valence-corrected chi connectivity index (χ2v) is 3.14. The molecule has 0 saturated carbocycles. The summed E-state index contributed by atoms with van der Waals surface area (Å²) in [4.78, 5) is 11.1. The van der Waals surface area contributed by atoms with Gasteiger partial charge < -0.3 is 11.1 Å². The maximum absolute atomic E-state index is 11.1. The standard InChI is InChI=1S/C11H16N2O/c1-2-10(13-11(14)8-12)9-6-4-3-5-7-9/h3-7,10H,2,8,12H2,1H3,(H,13,14)/t10-/m0/s1. The minimum Gasteiger partial charge on any atom is -0.348 e. The first-order valence-electron chi connectivity index (χ1n) is 4.82. The summed E-state index contributed by atoms with van der Waals surface area (Å²) < 4.78 is 0. The normalized spacial score (nSPS) is 12.1. The third-order valence-electron chi connectivity index (χ3n) is 2.13. The lowest BCUT2D eigenvalue weighted by Gasteiger charge is -2.16. The minimum atomic E-state index is -0.110. The number of nitrogens with two attached hydrogens (primary N) is 1. The van der Waals surface area contributed by atoms with Gasteiger partial charge in [0.25, 0.3) is 0 Å². The molecule has 76 valence electrons. The number of hydrogen-bond donors (Lipinski definition) is 2. The van der Waals surface area contributed by atoms with Gasteiger partial charge in [-0.25, -0.2) is 0 Å². The van der Waals surface area contributed by atoms with E-state index in [1.165, 1.54) is 0 Å². The van der Waals surface area contributed by atoms with Crippen molar-refractivity contribution < 1.29 is 4.79 Å². The van der Waals surface area contributed by atoms with E-state index in [1.807, 2.05) is 37.3 Å². The highest BCUT2D eigenvalue weighted by Gasteiger charge is 2.10. The molecule has 1 aromatic rings. The van der Waals surface area contributed by atoms with Crippen molar-refractivity contribution in [1.29, 1.82) is 0 Å². The number of carbonyl (C=O) groups is 1. The van der Waals surface area contributed by atoms with Gasteiger partial charge in [0.1, 0.15) is 0 Å². The van der Waals surface area contributed by atoms with Crippen LogP contribution in [0.5, 0.6) is 0 Å². The maximum Gasteiger partial charge on any atom is 0.234 e. The molecule has 0 heterocycles. The summed E-state index contributed by atoms with van der Waals surface area (Å²) in [6, 6.07) is 9.98. The second kappa shape index (κ2) is 5.40. The lowest BCUT2D eigenvalue weighted by molar-refractivity contribution is -0.120. The van der Waals surface area contributed by atoms with Gasteiger partial charge in [0.2, 0.25) is 5.91 Å². The van der Waals surface area contributed by atoms with Gasteiger partial charge in [-0.3, -0.25) is 4.79 Å². The first-order valence-corrected chi connectivity index (χ1v) is 4.82. The van der Waals surface area contributed by atoms with Gasteiger partial charge in [-0.1, -0.05) is 37.3 Å². The number of benzene rings is 1. The highest BCUT2D eigenvalue weighted by Crippen LogP contribution is 2.15. The van der Waals surface area contributed by atoms with Gasteiger partial charge in [0.05, 0.1) is 12.6 Å². The van der Waals surface area contributed by atoms with Gasteiger partial charge in [-0.05, 0) is 12.0 Å². The quantitative estimate of drug-likeness (QED) is 0.753. The van der Waals surface area contributed by atoms with E-state index in [-0.39, 0.29) is 18.5 Å². The molecule has 1 atom stereocenters. The molecule has 1 rings (SSSR count). The summed E-state index contributed by atoms with van der Waals surface area (Å²) in [6.07, 6.45) is 0.871. The fourth-order valence-electron chi connectivity index (χ4n) is 1.36. The van der Waals surface area contributed by atoms with Crippen LogP contribution in [0.15, 0.2) is 30.3 Å². The smallest absolute Gasteiger partial charge is 0.234 e. The van der Waals surface area contributed by atoms with Gasteiger partial charge in [-0.15, -0.1) is 0 Å². The molecule has 0 aliphatic heterocycles. The zero-order valence-corrected chi connectivity index (χ0v) is 8.36. The Bertz CT molecular complexity index is 285. The summed E-state index contributed by atoms with van der Waals surface area (Å²) >= 11 is 0. The van der Waals surface area contributed by atoms with E-state index in [9.17, 15) is 4.79 Å². The van der Waals surface area contributed by atoms with E-state index in [0.717, 1.165) is 12.0 Å². The molecule has 0 aliphatic rings. The SMILES string of the molecule is CC[C@H](NC(=O)CN)c1ccccc1. The minimum absolute atomic E-state index is 0.0450. The molecule has 0 fully saturated rings. The molecule has 0 bridgehead atoms. The van der Waals surface area contributed by atoms with Crippen molar-refractivity contribution in [3.05, 3.63) is 35.9 Å². The van der Waals surface area contributed by atoms with Crippen molar-refractivity contribution in [3.63, 3.8) is 0 Å². The maximum atomic E-state index is 11.1. The number of amides is 1. The highest BCUT2D eigenvalue weighted by atomic mass is 16.1. The Balaban J connectivity index is 2.68. The van der Waals surface area contributed by atoms with Gasteiger partial charge in [-0.2, -0.15) is 0 Å². The average molecular weight is 192 g/mol. The largest absolute Gasteiger partial charge is 0.348 e. The van der Waals surface area contributed by atoms with E-state index >= 15 is 0 Å². The fraction of sp³-hybridized carbons (Fsp3) is 0.364. The molecule has 0 unspecified atom stereocenters. The molecular weight excluding hydrogens is 176 g/mol. The third-order valence-corrected chi connectivity index (χ3v) is 2.13. The Labute approximate surface area is 84.3 Å². The molecule has 1 amide bonds. The van der Waals surface area contributed by atoms with Gasteiger partial charge in [0, 0.05) is 0 Å². The van der Waals surface area contributed by atoms with E-state index in [1.54, 1.807) is 0 Å². The molecule has 3 nitrogen and oxygen atoms in total. The van der Waals surface area contributed by atoms with E-state index in [0.29, 0.717) is 0 Å². The van der Waals surface area contributed by atoms with Crippen molar-refractivity contribution in [2.45, 2.75) is 19.4 Å². The first-order chi connectivity index (χ1) is 6.77. The van der Waals surface area contributed by atoms with Crippen LogP contribution in [0, 0.1) is 0 Å². The lowest BCUT2D eigenvalue weighted by atomic mass is 10.0. The van der Waals surface area contributed by atoms with Crippen LogP contribution in [0.2, 0.25) is 0 Å². The van der Waals surface area contributed by atoms with E-state index < -0.39 is 0 Å². The van der Waals surface area contributed by atoms with Crippen LogP contribution in [0.25, 0.3) is 0 Å². The average Bonchev–Trinajstić information content (AvgIpc) is 2.26. The van der Waals surface area contributed by atoms with E-state index in [4.69, 9.17) is 5.73 Å². The van der Waals surface area contributed by atoms with Crippen LogP contribution in [0.4, 0.5) is 0 Å². The monoisotopic (exact) mass is 192 g/mol. The van der Waals surface area contributed by atoms with Crippen molar-refractivity contribution in [1.82, 2.24) is 5.32 Å². The van der Waals surface area contributed by atoms with Crippen LogP contribution in [-0.4, -0.2) is 12.5 Å². The van der Waals surface area contributed by atoms with Gasteiger partial charge >= 0.3 is 0 Å². The second-order valence-electron chi connectivity index (χ2n) is 3.14. The summed E-state index contributed by atoms with van der Waals surface area (Å²) in [5, 5.41) is 2.87. The molecule has 0 radical (unpaired) electrons. The molecule has 3 N–H and O–H groups in total. The fourth-order valence-corrected chi connectivity index (χ4v) is 1.36. The Morgan fingerprint density at radius 3 is 2.57 bits per heavy atom. The number of nitrogens with one attached hydrogen (secondary N) is 1. The predicted molar refractivity (Wildman–Crippen MR) is 56.7 cm³/mol. The van der Waals surface area contributed by atoms with Crippen molar-refractivity contribution in [2.75, 3.05) is 6.54 Å². The van der Waals surface area contributed by atoms with Crippen molar-refractivity contribution >= 4 is 5.91 Å². The predicted octanol–water partition coefficient (Wildman–Crippen LogP) is 1.21. The highest BCUT2D eigenvalue weighted by molar-refractivity contribution is 5.78. The third kappa shape index (κ3) is 2.85. The van der Waals surface area contributed by atoms with Crippen LogP contribution in [0.1, 0.15) is 24.9 Å². The summed E-state index contributed by atoms with van der Waals surface area (Å²) in [7, 11) is 0. The first kappa shape index (κ1) is 10.7. The summed E-state index contributed by atoms with van der Waals surface area (Å²) in [5.41, 5.74) is 6.36. The molecule has 14 heavy (non-hydrogen) atoms. The number of rotatable bonds is 4. The Morgan fingerprint density at radius 2 is 2.07 bits per heavy atom. The molecule has 0 aromatic heterocycles. The molecule has 3 heteroatoms. The zero-order valence-electron chi connectivity index (χ0n) is 8.36. The van der Waals surface area contributed by atoms with Crippen LogP contribution >= 0.6 is 0 Å². The number of hydrogen-bond acceptors (Lipinski definition) is 2. The van der Waals surface area contributed by atoms with Gasteiger partial charge in [0.15, 0.2) is 0 Å². The Kier molecular flexibility index (Phi) is 4.13. The molecule has 1 aromatic carbocycles. The van der Waals surface area contributed by atoms with Crippen LogP contribution in [-0.2, 0) is 4.79 Å². The lowest BCUT2D eigenvalue weighted by Crippen LogP contribution is -2.33. The van der Waals surface area contributed by atoms with Crippen molar-refractivity contribution in [2.24, 2.45) is 5.73 Å². The summed E-state index contributed by atoms with van der Waals surface area (Å²) in [6.45, 7) is 2.08.